The van der Waals surface area contributed by atoms with Gasteiger partial charge in [0, 0.05) is 12.0 Å². The van der Waals surface area contributed by atoms with Crippen molar-refractivity contribution in [3.8, 4) is 0 Å². The number of nitrogens with one attached hydrogen (secondary N) is 1. The number of dihydropyridines is 1. The largest absolute Gasteiger partial charge is 0.371 e. The molecule has 1 saturated heterocycles. The summed E-state index contributed by atoms with van der Waals surface area (Å²) in [4.78, 5) is 0. The first-order valence-electron chi connectivity index (χ1n) is 4.40. The first-order chi connectivity index (χ1) is 6.66. The maximum atomic E-state index is 13.4. The van der Waals surface area contributed by atoms with Crippen molar-refractivity contribution >= 4 is 11.6 Å². The first kappa shape index (κ1) is 9.93. The van der Waals surface area contributed by atoms with Crippen molar-refractivity contribution in [1.29, 1.82) is 0 Å². The molecule has 14 heavy (non-hydrogen) atoms. The van der Waals surface area contributed by atoms with Gasteiger partial charge in [0.15, 0.2) is 6.30 Å². The Morgan fingerprint density at radius 3 is 2.79 bits per heavy atom. The summed E-state index contributed by atoms with van der Waals surface area (Å²) >= 11 is 5.56. The van der Waals surface area contributed by atoms with Crippen LogP contribution < -0.4 is 5.32 Å². The Bertz CT molecular complexity index is 293. The van der Waals surface area contributed by atoms with E-state index in [1.54, 1.807) is 12.2 Å². The number of alkyl halides is 2. The molecule has 2 aliphatic rings. The van der Waals surface area contributed by atoms with Crippen molar-refractivity contribution < 1.29 is 13.5 Å². The van der Waals surface area contributed by atoms with Crippen LogP contribution in [0.4, 0.5) is 8.78 Å². The molecule has 0 spiro atoms. The fourth-order valence-corrected chi connectivity index (χ4v) is 1.76. The lowest BCUT2D eigenvalue weighted by Gasteiger charge is -2.22. The van der Waals surface area contributed by atoms with Crippen molar-refractivity contribution in [1.82, 2.24) is 5.32 Å². The average Bonchev–Trinajstić information content (AvgIpc) is 2.51. The standard InChI is InChI=1S/C9H10ClF2NO/c10-8-2-1-6(9(12)13-8)7-3-5(11)4-14-7/h1-2,5,7,9,13H,3-4H2/t5-,7?,9?/m1/s1. The van der Waals surface area contributed by atoms with Crippen LogP contribution in [0.15, 0.2) is 22.9 Å². The summed E-state index contributed by atoms with van der Waals surface area (Å²) in [6.45, 7) is 0.0478. The number of halogens is 3. The van der Waals surface area contributed by atoms with Crippen molar-refractivity contribution in [2.24, 2.45) is 0 Å². The predicted octanol–water partition coefficient (Wildman–Crippen LogP) is 2.02. The molecule has 2 rings (SSSR count). The van der Waals surface area contributed by atoms with Crippen LogP contribution in [0.25, 0.3) is 0 Å². The fraction of sp³-hybridized carbons (Fsp3) is 0.556. The molecule has 2 heterocycles. The van der Waals surface area contributed by atoms with Crippen LogP contribution in [0.3, 0.4) is 0 Å². The lowest BCUT2D eigenvalue weighted by atomic mass is 10.0. The van der Waals surface area contributed by atoms with Crippen molar-refractivity contribution in [3.05, 3.63) is 22.9 Å². The van der Waals surface area contributed by atoms with Crippen LogP contribution in [0.5, 0.6) is 0 Å². The molecule has 3 atom stereocenters. The van der Waals surface area contributed by atoms with Crippen LogP contribution in [0.2, 0.25) is 0 Å². The number of ether oxygens (including phenoxy) is 1. The molecule has 0 amide bonds. The molecule has 78 valence electrons. The summed E-state index contributed by atoms with van der Waals surface area (Å²) in [5, 5.41) is 2.66. The molecule has 0 aliphatic carbocycles. The smallest absolute Gasteiger partial charge is 0.195 e. The molecule has 1 fully saturated rings. The second kappa shape index (κ2) is 3.87. The Morgan fingerprint density at radius 2 is 2.21 bits per heavy atom. The van der Waals surface area contributed by atoms with Crippen LogP contribution >= 0.6 is 11.6 Å². The predicted molar refractivity (Wildman–Crippen MR) is 49.3 cm³/mol. The second-order valence-corrected chi connectivity index (χ2v) is 3.75. The third kappa shape index (κ3) is 1.91. The minimum absolute atomic E-state index is 0.0478. The van der Waals surface area contributed by atoms with Crippen LogP contribution in [0, 0.1) is 0 Å². The van der Waals surface area contributed by atoms with E-state index < -0.39 is 18.6 Å². The lowest BCUT2D eigenvalue weighted by Crippen LogP contribution is -2.32. The third-order valence-electron chi connectivity index (χ3n) is 2.30. The molecule has 0 aromatic carbocycles. The first-order valence-corrected chi connectivity index (χ1v) is 4.78. The summed E-state index contributed by atoms with van der Waals surface area (Å²) in [6.07, 6.45) is 0.485. The quantitative estimate of drug-likeness (QED) is 0.684. The topological polar surface area (TPSA) is 21.3 Å². The number of rotatable bonds is 1. The van der Waals surface area contributed by atoms with E-state index in [1.807, 2.05) is 0 Å². The van der Waals surface area contributed by atoms with Crippen LogP contribution in [-0.2, 0) is 4.74 Å². The molecular formula is C9H10ClF2NO. The molecule has 0 saturated carbocycles. The van der Waals surface area contributed by atoms with E-state index >= 15 is 0 Å². The van der Waals surface area contributed by atoms with Gasteiger partial charge in [0.1, 0.15) is 11.3 Å². The van der Waals surface area contributed by atoms with Gasteiger partial charge < -0.3 is 10.1 Å². The Kier molecular flexibility index (Phi) is 2.74. The fourth-order valence-electron chi connectivity index (χ4n) is 1.60. The molecule has 5 heteroatoms. The minimum Gasteiger partial charge on any atom is -0.371 e. The van der Waals surface area contributed by atoms with Gasteiger partial charge in [0.25, 0.3) is 0 Å². The van der Waals surface area contributed by atoms with Gasteiger partial charge in [0.2, 0.25) is 0 Å². The molecule has 2 unspecified atom stereocenters. The van der Waals surface area contributed by atoms with Crippen LogP contribution in [-0.4, -0.2) is 25.2 Å². The van der Waals surface area contributed by atoms with E-state index in [0.29, 0.717) is 5.57 Å². The number of hydrogen-bond donors (Lipinski definition) is 1. The SMILES string of the molecule is FC1NC(Cl)=CC=C1C1C[C@@H](F)CO1. The molecule has 0 aromatic heterocycles. The van der Waals surface area contributed by atoms with Gasteiger partial charge in [0.05, 0.1) is 12.7 Å². The molecule has 0 radical (unpaired) electrons. The third-order valence-corrected chi connectivity index (χ3v) is 2.53. The highest BCUT2D eigenvalue weighted by atomic mass is 35.5. The lowest BCUT2D eigenvalue weighted by molar-refractivity contribution is 0.112. The molecule has 0 aromatic rings. The van der Waals surface area contributed by atoms with Gasteiger partial charge in [-0.25, -0.2) is 8.78 Å². The number of allylic oxidation sites excluding steroid dienone is 2. The Morgan fingerprint density at radius 1 is 1.43 bits per heavy atom. The minimum atomic E-state index is -1.37. The highest BCUT2D eigenvalue weighted by molar-refractivity contribution is 6.29. The van der Waals surface area contributed by atoms with E-state index in [4.69, 9.17) is 16.3 Å². The van der Waals surface area contributed by atoms with E-state index in [0.717, 1.165) is 0 Å². The molecule has 1 N–H and O–H groups in total. The summed E-state index contributed by atoms with van der Waals surface area (Å²) in [5.41, 5.74) is 0.412. The zero-order valence-electron chi connectivity index (χ0n) is 7.34. The van der Waals surface area contributed by atoms with E-state index in [-0.39, 0.29) is 18.2 Å². The highest BCUT2D eigenvalue weighted by Gasteiger charge is 2.32. The monoisotopic (exact) mass is 221 g/mol. The van der Waals surface area contributed by atoms with Crippen molar-refractivity contribution in [3.63, 3.8) is 0 Å². The average molecular weight is 222 g/mol. The summed E-state index contributed by atoms with van der Waals surface area (Å²) in [7, 11) is 0. The van der Waals surface area contributed by atoms with E-state index in [1.165, 1.54) is 0 Å². The Hall–Kier alpha value is -0.610. The van der Waals surface area contributed by atoms with Crippen molar-refractivity contribution in [2.75, 3.05) is 6.61 Å². The summed E-state index contributed by atoms with van der Waals surface area (Å²) in [6, 6.07) is 0. The van der Waals surface area contributed by atoms with E-state index in [2.05, 4.69) is 5.32 Å². The van der Waals surface area contributed by atoms with Crippen LogP contribution in [0.1, 0.15) is 6.42 Å². The normalized spacial score (nSPS) is 37.5. The maximum Gasteiger partial charge on any atom is 0.195 e. The maximum absolute atomic E-state index is 13.4. The molecule has 2 nitrogen and oxygen atoms in total. The van der Waals surface area contributed by atoms with Gasteiger partial charge in [-0.15, -0.1) is 0 Å². The molecule has 0 bridgehead atoms. The van der Waals surface area contributed by atoms with Gasteiger partial charge >= 0.3 is 0 Å². The Balaban J connectivity index is 2.10. The summed E-state index contributed by atoms with van der Waals surface area (Å²) < 4.78 is 31.3. The van der Waals surface area contributed by atoms with Crippen molar-refractivity contribution in [2.45, 2.75) is 25.0 Å². The van der Waals surface area contributed by atoms with Gasteiger partial charge in [-0.2, -0.15) is 0 Å². The zero-order valence-corrected chi connectivity index (χ0v) is 8.10. The molecule has 2 aliphatic heterocycles. The van der Waals surface area contributed by atoms with Gasteiger partial charge in [-0.1, -0.05) is 17.7 Å². The van der Waals surface area contributed by atoms with E-state index in [9.17, 15) is 8.78 Å². The second-order valence-electron chi connectivity index (χ2n) is 3.34. The summed E-state index contributed by atoms with van der Waals surface area (Å²) in [5.74, 6) is 0. The zero-order chi connectivity index (χ0) is 10.1. The van der Waals surface area contributed by atoms with Gasteiger partial charge in [-0.3, -0.25) is 0 Å². The molecular weight excluding hydrogens is 212 g/mol. The van der Waals surface area contributed by atoms with Gasteiger partial charge in [-0.05, 0) is 6.08 Å². The highest BCUT2D eigenvalue weighted by Crippen LogP contribution is 2.27. The Labute approximate surface area is 85.6 Å². The number of hydrogen-bond acceptors (Lipinski definition) is 2.